The first-order valence-corrected chi connectivity index (χ1v) is 8.69. The van der Waals surface area contributed by atoms with Gasteiger partial charge in [0.15, 0.2) is 0 Å². The largest absolute Gasteiger partial charge is 0.324 e. The van der Waals surface area contributed by atoms with Gasteiger partial charge in [-0.15, -0.1) is 5.10 Å². The van der Waals surface area contributed by atoms with Crippen LogP contribution in [0.25, 0.3) is 0 Å². The number of benzene rings is 1. The lowest BCUT2D eigenvalue weighted by molar-refractivity contribution is 0.220. The van der Waals surface area contributed by atoms with E-state index in [4.69, 9.17) is 0 Å². The van der Waals surface area contributed by atoms with Crippen molar-refractivity contribution < 1.29 is 4.79 Å². The number of fused-ring (bicyclic) bond motifs is 1. The molecule has 2 aromatic rings. The van der Waals surface area contributed by atoms with Crippen LogP contribution in [0.1, 0.15) is 29.8 Å². The summed E-state index contributed by atoms with van der Waals surface area (Å²) in [5.41, 5.74) is 2.35. The topological polar surface area (TPSA) is 66.3 Å². The molecule has 25 heavy (non-hydrogen) atoms. The standard InChI is InChI=1S/C18H26N6O/c1-22(2)12-14-7-9-15(10-8-14)13-23(3)18(25)20-17-19-16-6-4-5-11-24(16)21-17/h7-10H,4-6,11-13H2,1-3H3,(H,20,21,25). The minimum atomic E-state index is -0.194. The highest BCUT2D eigenvalue weighted by Gasteiger charge is 2.17. The van der Waals surface area contributed by atoms with Gasteiger partial charge >= 0.3 is 6.03 Å². The Labute approximate surface area is 148 Å². The zero-order chi connectivity index (χ0) is 17.8. The summed E-state index contributed by atoms with van der Waals surface area (Å²) in [5, 5.41) is 7.16. The minimum absolute atomic E-state index is 0.194. The van der Waals surface area contributed by atoms with Gasteiger partial charge in [0.2, 0.25) is 5.95 Å². The van der Waals surface area contributed by atoms with Crippen LogP contribution in [0, 0.1) is 0 Å². The van der Waals surface area contributed by atoms with Crippen molar-refractivity contribution in [2.75, 3.05) is 26.5 Å². The van der Waals surface area contributed by atoms with E-state index in [2.05, 4.69) is 44.6 Å². The second-order valence-electron chi connectivity index (χ2n) is 6.87. The normalized spacial score (nSPS) is 13.6. The highest BCUT2D eigenvalue weighted by atomic mass is 16.2. The molecule has 1 aliphatic rings. The van der Waals surface area contributed by atoms with Crippen molar-refractivity contribution in [3.63, 3.8) is 0 Å². The number of hydrogen-bond acceptors (Lipinski definition) is 4. The van der Waals surface area contributed by atoms with Crippen LogP contribution in [0.15, 0.2) is 24.3 Å². The van der Waals surface area contributed by atoms with Crippen molar-refractivity contribution in [1.29, 1.82) is 0 Å². The molecule has 0 saturated carbocycles. The Morgan fingerprint density at radius 1 is 1.12 bits per heavy atom. The van der Waals surface area contributed by atoms with Gasteiger partial charge in [-0.1, -0.05) is 24.3 Å². The van der Waals surface area contributed by atoms with Crippen LogP contribution < -0.4 is 5.32 Å². The molecule has 1 aliphatic heterocycles. The Morgan fingerprint density at radius 3 is 2.44 bits per heavy atom. The van der Waals surface area contributed by atoms with Gasteiger partial charge in [-0.2, -0.15) is 4.98 Å². The number of nitrogens with zero attached hydrogens (tertiary/aromatic N) is 5. The summed E-state index contributed by atoms with van der Waals surface area (Å²) in [4.78, 5) is 20.5. The van der Waals surface area contributed by atoms with E-state index in [1.54, 1.807) is 11.9 Å². The van der Waals surface area contributed by atoms with Crippen molar-refractivity contribution in [2.24, 2.45) is 0 Å². The molecular formula is C18H26N6O. The van der Waals surface area contributed by atoms with Crippen LogP contribution in [0.2, 0.25) is 0 Å². The second kappa shape index (κ2) is 7.65. The first-order valence-electron chi connectivity index (χ1n) is 8.69. The summed E-state index contributed by atoms with van der Waals surface area (Å²) in [5.74, 6) is 1.36. The summed E-state index contributed by atoms with van der Waals surface area (Å²) < 4.78 is 1.89. The molecule has 1 aromatic heterocycles. The lowest BCUT2D eigenvalue weighted by Crippen LogP contribution is -2.31. The molecule has 1 N–H and O–H groups in total. The number of hydrogen-bond donors (Lipinski definition) is 1. The number of amides is 2. The van der Waals surface area contributed by atoms with Gasteiger partial charge in [-0.05, 0) is 38.1 Å². The van der Waals surface area contributed by atoms with E-state index in [1.165, 1.54) is 5.56 Å². The maximum atomic E-state index is 12.4. The van der Waals surface area contributed by atoms with Crippen LogP contribution in [0.4, 0.5) is 10.7 Å². The fourth-order valence-electron chi connectivity index (χ4n) is 2.99. The van der Waals surface area contributed by atoms with Crippen LogP contribution in [0.3, 0.4) is 0 Å². The van der Waals surface area contributed by atoms with Crippen LogP contribution in [-0.4, -0.2) is 51.7 Å². The van der Waals surface area contributed by atoms with Gasteiger partial charge < -0.3 is 9.80 Å². The number of nitrogens with one attached hydrogen (secondary N) is 1. The lowest BCUT2D eigenvalue weighted by Gasteiger charge is -2.17. The Kier molecular flexibility index (Phi) is 5.33. The Morgan fingerprint density at radius 2 is 1.80 bits per heavy atom. The number of anilines is 1. The SMILES string of the molecule is CN(C)Cc1ccc(CN(C)C(=O)Nc2nc3n(n2)CCCC3)cc1. The average molecular weight is 342 g/mol. The molecule has 0 aliphatic carbocycles. The van der Waals surface area contributed by atoms with E-state index in [0.717, 1.165) is 43.7 Å². The number of carbonyl (C=O) groups is 1. The molecule has 2 heterocycles. The second-order valence-corrected chi connectivity index (χ2v) is 6.87. The van der Waals surface area contributed by atoms with Gasteiger partial charge in [-0.3, -0.25) is 5.32 Å². The maximum absolute atomic E-state index is 12.4. The van der Waals surface area contributed by atoms with Crippen molar-refractivity contribution in [3.8, 4) is 0 Å². The first kappa shape index (κ1) is 17.4. The number of rotatable bonds is 5. The van der Waals surface area contributed by atoms with E-state index in [-0.39, 0.29) is 6.03 Å². The molecule has 0 unspecified atom stereocenters. The average Bonchev–Trinajstić information content (AvgIpc) is 2.98. The highest BCUT2D eigenvalue weighted by molar-refractivity contribution is 5.87. The Balaban J connectivity index is 1.56. The molecule has 7 heteroatoms. The third-order valence-corrected chi connectivity index (χ3v) is 4.28. The zero-order valence-corrected chi connectivity index (χ0v) is 15.2. The minimum Gasteiger partial charge on any atom is -0.323 e. The summed E-state index contributed by atoms with van der Waals surface area (Å²) in [6.07, 6.45) is 3.18. The van der Waals surface area contributed by atoms with E-state index < -0.39 is 0 Å². The Hall–Kier alpha value is -2.41. The van der Waals surface area contributed by atoms with Crippen molar-refractivity contribution in [1.82, 2.24) is 24.6 Å². The molecule has 0 fully saturated rings. The third-order valence-electron chi connectivity index (χ3n) is 4.28. The zero-order valence-electron chi connectivity index (χ0n) is 15.2. The van der Waals surface area contributed by atoms with Crippen LogP contribution >= 0.6 is 0 Å². The summed E-state index contributed by atoms with van der Waals surface area (Å²) in [7, 11) is 5.88. The highest BCUT2D eigenvalue weighted by Crippen LogP contribution is 2.14. The fourth-order valence-corrected chi connectivity index (χ4v) is 2.99. The fraction of sp³-hybridized carbons (Fsp3) is 0.500. The summed E-state index contributed by atoms with van der Waals surface area (Å²) in [6.45, 7) is 2.34. The van der Waals surface area contributed by atoms with E-state index in [0.29, 0.717) is 12.5 Å². The molecule has 134 valence electrons. The van der Waals surface area contributed by atoms with Crippen molar-refractivity contribution in [3.05, 3.63) is 41.2 Å². The molecule has 0 atom stereocenters. The lowest BCUT2D eigenvalue weighted by atomic mass is 10.1. The summed E-state index contributed by atoms with van der Waals surface area (Å²) >= 11 is 0. The molecule has 3 rings (SSSR count). The summed E-state index contributed by atoms with van der Waals surface area (Å²) in [6, 6.07) is 8.14. The molecule has 0 radical (unpaired) electrons. The maximum Gasteiger partial charge on any atom is 0.324 e. The van der Waals surface area contributed by atoms with Gasteiger partial charge in [0.25, 0.3) is 0 Å². The molecule has 1 aromatic carbocycles. The number of aromatic nitrogens is 3. The smallest absolute Gasteiger partial charge is 0.323 e. The van der Waals surface area contributed by atoms with E-state index in [9.17, 15) is 4.79 Å². The molecule has 7 nitrogen and oxygen atoms in total. The molecule has 0 bridgehead atoms. The monoisotopic (exact) mass is 342 g/mol. The first-order chi connectivity index (χ1) is 12.0. The van der Waals surface area contributed by atoms with Gasteiger partial charge in [-0.25, -0.2) is 9.48 Å². The van der Waals surface area contributed by atoms with Crippen LogP contribution in [0.5, 0.6) is 0 Å². The van der Waals surface area contributed by atoms with E-state index in [1.807, 2.05) is 18.8 Å². The Bertz CT molecular complexity index is 698. The molecule has 2 amide bonds. The van der Waals surface area contributed by atoms with Gasteiger partial charge in [0, 0.05) is 33.1 Å². The number of aryl methyl sites for hydroxylation is 2. The molecule has 0 spiro atoms. The predicted molar refractivity (Wildman–Crippen MR) is 97.3 cm³/mol. The van der Waals surface area contributed by atoms with E-state index >= 15 is 0 Å². The number of carbonyl (C=O) groups excluding carboxylic acids is 1. The third kappa shape index (κ3) is 4.57. The van der Waals surface area contributed by atoms with Crippen LogP contribution in [-0.2, 0) is 26.1 Å². The number of urea groups is 1. The van der Waals surface area contributed by atoms with Gasteiger partial charge in [0.1, 0.15) is 5.82 Å². The van der Waals surface area contributed by atoms with Gasteiger partial charge in [0.05, 0.1) is 0 Å². The van der Waals surface area contributed by atoms with Crippen molar-refractivity contribution in [2.45, 2.75) is 38.9 Å². The molecule has 0 saturated heterocycles. The van der Waals surface area contributed by atoms with Crippen molar-refractivity contribution >= 4 is 12.0 Å². The predicted octanol–water partition coefficient (Wildman–Crippen LogP) is 2.34. The quantitative estimate of drug-likeness (QED) is 0.906. The molecular weight excluding hydrogens is 316 g/mol.